The van der Waals surface area contributed by atoms with E-state index in [1.165, 1.54) is 16.7 Å². The topological polar surface area (TPSA) is 92.4 Å². The van der Waals surface area contributed by atoms with Crippen molar-refractivity contribution in [1.82, 2.24) is 15.6 Å². The summed E-state index contributed by atoms with van der Waals surface area (Å²) in [6.45, 7) is 4.59. The number of benzene rings is 1. The van der Waals surface area contributed by atoms with Crippen LogP contribution in [0, 0.1) is 6.92 Å². The Bertz CT molecular complexity index is 785. The summed E-state index contributed by atoms with van der Waals surface area (Å²) in [5, 5.41) is 6.51. The lowest BCUT2D eigenvalue weighted by molar-refractivity contribution is 0.0995. The van der Waals surface area contributed by atoms with Gasteiger partial charge in [0.05, 0.1) is 6.54 Å². The van der Waals surface area contributed by atoms with Gasteiger partial charge >= 0.3 is 0 Å². The Balaban J connectivity index is 1.67. The largest absolute Gasteiger partial charge is 0.364 e. The first-order valence-electron chi connectivity index (χ1n) is 7.97. The highest BCUT2D eigenvalue weighted by atomic mass is 16.1. The Morgan fingerprint density at radius 3 is 2.83 bits per heavy atom. The van der Waals surface area contributed by atoms with E-state index < -0.39 is 5.91 Å². The zero-order valence-corrected chi connectivity index (χ0v) is 13.7. The number of rotatable bonds is 5. The monoisotopic (exact) mass is 323 g/mol. The molecule has 6 heteroatoms. The van der Waals surface area contributed by atoms with Crippen LogP contribution in [0.15, 0.2) is 41.5 Å². The number of hydrogen-bond donors (Lipinski definition) is 3. The van der Waals surface area contributed by atoms with Crippen molar-refractivity contribution in [2.75, 3.05) is 13.1 Å². The molecule has 0 saturated heterocycles. The average Bonchev–Trinajstić information content (AvgIpc) is 3.08. The molecule has 0 bridgehead atoms. The summed E-state index contributed by atoms with van der Waals surface area (Å²) in [4.78, 5) is 19.5. The number of hydrogen-bond acceptors (Lipinski definition) is 5. The molecule has 3 rings (SSSR count). The predicted molar refractivity (Wildman–Crippen MR) is 93.9 cm³/mol. The molecule has 0 fully saturated rings. The molecule has 2 aromatic rings. The van der Waals surface area contributed by atoms with Crippen LogP contribution in [0.25, 0.3) is 0 Å². The summed E-state index contributed by atoms with van der Waals surface area (Å²) in [7, 11) is 0. The van der Waals surface area contributed by atoms with E-state index in [4.69, 9.17) is 5.73 Å². The van der Waals surface area contributed by atoms with Gasteiger partial charge in [0.2, 0.25) is 0 Å². The van der Waals surface area contributed by atoms with Crippen LogP contribution in [0.3, 0.4) is 0 Å². The summed E-state index contributed by atoms with van der Waals surface area (Å²) >= 11 is 0. The van der Waals surface area contributed by atoms with E-state index in [0.29, 0.717) is 5.69 Å². The molecule has 1 aliphatic rings. The minimum atomic E-state index is -0.502. The van der Waals surface area contributed by atoms with E-state index in [1.807, 2.05) is 6.07 Å². The van der Waals surface area contributed by atoms with Gasteiger partial charge in [-0.05, 0) is 47.7 Å². The first-order valence-corrected chi connectivity index (χ1v) is 7.97. The minimum absolute atomic E-state index is 0.301. The van der Waals surface area contributed by atoms with Gasteiger partial charge in [-0.15, -0.1) is 0 Å². The van der Waals surface area contributed by atoms with E-state index in [-0.39, 0.29) is 0 Å². The zero-order valence-electron chi connectivity index (χ0n) is 13.7. The summed E-state index contributed by atoms with van der Waals surface area (Å²) in [5.74, 6) is 0.368. The van der Waals surface area contributed by atoms with Crippen molar-refractivity contribution in [2.45, 2.75) is 19.9 Å². The van der Waals surface area contributed by atoms with Gasteiger partial charge in [0.1, 0.15) is 5.69 Å². The van der Waals surface area contributed by atoms with Gasteiger partial charge < -0.3 is 16.4 Å². The van der Waals surface area contributed by atoms with Crippen molar-refractivity contribution in [3.8, 4) is 0 Å². The summed E-state index contributed by atoms with van der Waals surface area (Å²) in [5.41, 5.74) is 10.3. The Morgan fingerprint density at radius 1 is 1.29 bits per heavy atom. The van der Waals surface area contributed by atoms with Crippen LogP contribution < -0.4 is 16.4 Å². The van der Waals surface area contributed by atoms with Crippen molar-refractivity contribution < 1.29 is 4.79 Å². The molecular formula is C18H21N5O. The summed E-state index contributed by atoms with van der Waals surface area (Å²) in [6, 6.07) is 10.1. The normalized spacial score (nSPS) is 13.3. The van der Waals surface area contributed by atoms with E-state index in [2.05, 4.69) is 45.7 Å². The zero-order chi connectivity index (χ0) is 16.9. The van der Waals surface area contributed by atoms with Gasteiger partial charge in [0.25, 0.3) is 5.91 Å². The van der Waals surface area contributed by atoms with Crippen molar-refractivity contribution >= 4 is 11.9 Å². The standard InChI is InChI=1S/C18H21N5O/c1-12-8-13(9-14-4-5-20-16(10-14)17(19)24)2-3-15(12)11-23-18-21-6-7-22-18/h2-5,8,10H,6-7,9,11H2,1H3,(H2,19,24)(H2,21,22,23). The Labute approximate surface area is 141 Å². The lowest BCUT2D eigenvalue weighted by Crippen LogP contribution is -2.33. The molecular weight excluding hydrogens is 302 g/mol. The van der Waals surface area contributed by atoms with Gasteiger partial charge in [0.15, 0.2) is 5.96 Å². The second-order valence-corrected chi connectivity index (χ2v) is 5.86. The lowest BCUT2D eigenvalue weighted by atomic mass is 10.00. The average molecular weight is 323 g/mol. The highest BCUT2D eigenvalue weighted by molar-refractivity contribution is 5.90. The quantitative estimate of drug-likeness (QED) is 0.769. The predicted octanol–water partition coefficient (Wildman–Crippen LogP) is 1.13. The summed E-state index contributed by atoms with van der Waals surface area (Å²) in [6.07, 6.45) is 2.36. The number of aryl methyl sites for hydroxylation is 1. The van der Waals surface area contributed by atoms with Crippen LogP contribution >= 0.6 is 0 Å². The van der Waals surface area contributed by atoms with Crippen molar-refractivity contribution in [3.05, 3.63) is 64.5 Å². The molecule has 0 aliphatic carbocycles. The van der Waals surface area contributed by atoms with E-state index in [0.717, 1.165) is 37.6 Å². The van der Waals surface area contributed by atoms with Crippen LogP contribution in [0.2, 0.25) is 0 Å². The molecule has 24 heavy (non-hydrogen) atoms. The molecule has 0 atom stereocenters. The molecule has 1 aromatic carbocycles. The Morgan fingerprint density at radius 2 is 2.12 bits per heavy atom. The molecule has 1 amide bonds. The molecule has 0 unspecified atom stereocenters. The number of aliphatic imine (C=N–C) groups is 1. The number of amides is 1. The number of carbonyl (C=O) groups is 1. The third-order valence-electron chi connectivity index (χ3n) is 4.01. The van der Waals surface area contributed by atoms with E-state index in [9.17, 15) is 4.79 Å². The van der Waals surface area contributed by atoms with Gasteiger partial charge in [0, 0.05) is 19.3 Å². The van der Waals surface area contributed by atoms with Crippen molar-refractivity contribution in [1.29, 1.82) is 0 Å². The first-order chi connectivity index (χ1) is 11.6. The van der Waals surface area contributed by atoms with E-state index in [1.54, 1.807) is 12.3 Å². The number of nitrogens with one attached hydrogen (secondary N) is 2. The number of nitrogens with two attached hydrogens (primary N) is 1. The van der Waals surface area contributed by atoms with E-state index >= 15 is 0 Å². The number of guanidine groups is 1. The molecule has 124 valence electrons. The lowest BCUT2D eigenvalue weighted by Gasteiger charge is -2.11. The number of primary amides is 1. The Hall–Kier alpha value is -2.89. The minimum Gasteiger partial charge on any atom is -0.364 e. The third-order valence-corrected chi connectivity index (χ3v) is 4.01. The molecule has 2 heterocycles. The van der Waals surface area contributed by atoms with Crippen molar-refractivity contribution in [3.63, 3.8) is 0 Å². The highest BCUT2D eigenvalue weighted by Gasteiger charge is 2.07. The molecule has 4 N–H and O–H groups in total. The molecule has 0 radical (unpaired) electrons. The Kier molecular flexibility index (Phi) is 4.74. The van der Waals surface area contributed by atoms with Crippen LogP contribution in [0.5, 0.6) is 0 Å². The molecule has 1 aliphatic heterocycles. The van der Waals surface area contributed by atoms with Crippen molar-refractivity contribution in [2.24, 2.45) is 10.7 Å². The third kappa shape index (κ3) is 3.90. The second-order valence-electron chi connectivity index (χ2n) is 5.86. The number of nitrogens with zero attached hydrogens (tertiary/aromatic N) is 2. The first kappa shape index (κ1) is 16.0. The fourth-order valence-corrected chi connectivity index (χ4v) is 2.72. The van der Waals surface area contributed by atoms with Gasteiger partial charge in [-0.1, -0.05) is 18.2 Å². The fourth-order valence-electron chi connectivity index (χ4n) is 2.72. The van der Waals surface area contributed by atoms with Crippen LogP contribution in [0.4, 0.5) is 0 Å². The maximum atomic E-state index is 11.2. The maximum absolute atomic E-state index is 11.2. The summed E-state index contributed by atoms with van der Waals surface area (Å²) < 4.78 is 0. The van der Waals surface area contributed by atoms with Crippen LogP contribution in [-0.2, 0) is 13.0 Å². The van der Waals surface area contributed by atoms with Gasteiger partial charge in [-0.3, -0.25) is 14.8 Å². The maximum Gasteiger partial charge on any atom is 0.267 e. The number of carbonyl (C=O) groups excluding carboxylic acids is 1. The molecule has 0 saturated carbocycles. The highest BCUT2D eigenvalue weighted by Crippen LogP contribution is 2.15. The van der Waals surface area contributed by atoms with Crippen LogP contribution in [0.1, 0.15) is 32.7 Å². The SMILES string of the molecule is Cc1cc(Cc2ccnc(C(N)=O)c2)ccc1CNC1=NCCN1. The number of aromatic nitrogens is 1. The van der Waals surface area contributed by atoms with Gasteiger partial charge in [-0.2, -0.15) is 0 Å². The van der Waals surface area contributed by atoms with Gasteiger partial charge in [-0.25, -0.2) is 0 Å². The second kappa shape index (κ2) is 7.12. The smallest absolute Gasteiger partial charge is 0.267 e. The molecule has 1 aromatic heterocycles. The fraction of sp³-hybridized carbons (Fsp3) is 0.278. The molecule has 0 spiro atoms. The molecule has 6 nitrogen and oxygen atoms in total. The van der Waals surface area contributed by atoms with Crippen LogP contribution in [-0.4, -0.2) is 29.9 Å². The number of pyridine rings is 1.